The van der Waals surface area contributed by atoms with E-state index in [0.717, 1.165) is 24.7 Å². The van der Waals surface area contributed by atoms with E-state index in [-0.39, 0.29) is 11.6 Å². The minimum absolute atomic E-state index is 0.164. The molecule has 0 saturated carbocycles. The van der Waals surface area contributed by atoms with Crippen LogP contribution in [0.2, 0.25) is 0 Å². The topological polar surface area (TPSA) is 3.24 Å². The first-order valence-electron chi connectivity index (χ1n) is 6.73. The van der Waals surface area contributed by atoms with Gasteiger partial charge in [-0.25, -0.2) is 4.39 Å². The zero-order chi connectivity index (χ0) is 14.5. The van der Waals surface area contributed by atoms with E-state index in [1.165, 1.54) is 12.1 Å². The number of benzene rings is 1. The van der Waals surface area contributed by atoms with Crippen LogP contribution in [0, 0.1) is 11.7 Å². The van der Waals surface area contributed by atoms with Crippen molar-refractivity contribution in [1.29, 1.82) is 0 Å². The van der Waals surface area contributed by atoms with E-state index in [9.17, 15) is 17.6 Å². The van der Waals surface area contributed by atoms with E-state index in [1.54, 1.807) is 0 Å². The normalized spacial score (nSPS) is 25.9. The Kier molecular flexibility index (Phi) is 3.03. The highest BCUT2D eigenvalue weighted by molar-refractivity contribution is 5.35. The summed E-state index contributed by atoms with van der Waals surface area (Å²) in [5.41, 5.74) is 0.126. The predicted molar refractivity (Wildman–Crippen MR) is 67.3 cm³/mol. The lowest BCUT2D eigenvalue weighted by molar-refractivity contribution is -0.140. The molecule has 1 saturated heterocycles. The Hall–Kier alpha value is -1.52. The fourth-order valence-corrected chi connectivity index (χ4v) is 2.99. The number of alkyl halides is 3. The van der Waals surface area contributed by atoms with Crippen LogP contribution in [0.5, 0.6) is 0 Å². The molecule has 0 aromatic heterocycles. The highest BCUT2D eigenvalue weighted by Crippen LogP contribution is 2.44. The summed E-state index contributed by atoms with van der Waals surface area (Å²) in [6.07, 6.45) is -1.01. The molecule has 20 heavy (non-hydrogen) atoms. The van der Waals surface area contributed by atoms with Gasteiger partial charge in [0, 0.05) is 23.7 Å². The molecular weight excluding hydrogens is 270 g/mol. The first-order valence-corrected chi connectivity index (χ1v) is 6.73. The standard InChI is InChI=1S/C15H15F4N/c1-9-8-13(9)20-7-3-6-12(20)10-4-2-5-11(14(10)16)15(17,18)19/h2,4-5,8-9,12H,3,6-7H2,1H3. The van der Waals surface area contributed by atoms with E-state index >= 15 is 0 Å². The van der Waals surface area contributed by atoms with Crippen molar-refractivity contribution in [3.8, 4) is 0 Å². The zero-order valence-corrected chi connectivity index (χ0v) is 11.0. The molecule has 2 aliphatic rings. The predicted octanol–water partition coefficient (Wildman–Crippen LogP) is 4.52. The van der Waals surface area contributed by atoms with Crippen molar-refractivity contribution in [2.75, 3.05) is 6.54 Å². The number of hydrogen-bond donors (Lipinski definition) is 0. The minimum atomic E-state index is -4.64. The van der Waals surface area contributed by atoms with Crippen molar-refractivity contribution in [1.82, 2.24) is 4.90 Å². The number of nitrogens with zero attached hydrogens (tertiary/aromatic N) is 1. The van der Waals surface area contributed by atoms with Crippen LogP contribution in [0.25, 0.3) is 0 Å². The first-order chi connectivity index (χ1) is 9.39. The molecular formula is C15H15F4N. The first kappa shape index (κ1) is 13.5. The van der Waals surface area contributed by atoms with Crippen molar-refractivity contribution >= 4 is 0 Å². The molecule has 1 aromatic carbocycles. The second kappa shape index (κ2) is 4.50. The maximum atomic E-state index is 14.2. The Labute approximate surface area is 114 Å². The summed E-state index contributed by atoms with van der Waals surface area (Å²) in [6.45, 7) is 2.82. The minimum Gasteiger partial charge on any atom is -0.367 e. The van der Waals surface area contributed by atoms with Gasteiger partial charge in [0.05, 0.1) is 11.6 Å². The molecule has 1 fully saturated rings. The van der Waals surface area contributed by atoms with Gasteiger partial charge in [0.1, 0.15) is 5.82 Å². The average Bonchev–Trinajstić information content (AvgIpc) is 2.89. The maximum absolute atomic E-state index is 14.2. The highest BCUT2D eigenvalue weighted by Gasteiger charge is 2.39. The largest absolute Gasteiger partial charge is 0.419 e. The van der Waals surface area contributed by atoms with Gasteiger partial charge >= 0.3 is 6.18 Å². The van der Waals surface area contributed by atoms with Crippen LogP contribution in [-0.4, -0.2) is 11.4 Å². The lowest BCUT2D eigenvalue weighted by Crippen LogP contribution is -2.22. The second-order valence-electron chi connectivity index (χ2n) is 5.44. The van der Waals surface area contributed by atoms with Gasteiger partial charge in [-0.05, 0) is 18.9 Å². The monoisotopic (exact) mass is 285 g/mol. The number of rotatable bonds is 2. The number of halogens is 4. The van der Waals surface area contributed by atoms with Crippen LogP contribution in [0.4, 0.5) is 17.6 Å². The van der Waals surface area contributed by atoms with Gasteiger partial charge in [-0.1, -0.05) is 25.1 Å². The van der Waals surface area contributed by atoms with Gasteiger partial charge in [0.2, 0.25) is 0 Å². The summed E-state index contributed by atoms with van der Waals surface area (Å²) in [7, 11) is 0. The average molecular weight is 285 g/mol. The Morgan fingerprint density at radius 3 is 2.55 bits per heavy atom. The van der Waals surface area contributed by atoms with Gasteiger partial charge in [0.25, 0.3) is 0 Å². The van der Waals surface area contributed by atoms with Crippen molar-refractivity contribution in [2.45, 2.75) is 32.0 Å². The summed E-state index contributed by atoms with van der Waals surface area (Å²) in [5, 5.41) is 0. The molecule has 3 rings (SSSR count). The van der Waals surface area contributed by atoms with Gasteiger partial charge in [0.15, 0.2) is 0 Å². The third kappa shape index (κ3) is 2.19. The lowest BCUT2D eigenvalue weighted by Gasteiger charge is -2.26. The van der Waals surface area contributed by atoms with Gasteiger partial charge < -0.3 is 4.90 Å². The van der Waals surface area contributed by atoms with Crippen molar-refractivity contribution in [3.05, 3.63) is 46.9 Å². The molecule has 1 aliphatic carbocycles. The second-order valence-corrected chi connectivity index (χ2v) is 5.44. The molecule has 0 radical (unpaired) electrons. The Balaban J connectivity index is 1.96. The Morgan fingerprint density at radius 2 is 1.95 bits per heavy atom. The van der Waals surface area contributed by atoms with E-state index in [1.807, 2.05) is 11.8 Å². The summed E-state index contributed by atoms with van der Waals surface area (Å²) < 4.78 is 52.6. The van der Waals surface area contributed by atoms with Crippen LogP contribution in [0.1, 0.15) is 36.9 Å². The van der Waals surface area contributed by atoms with Gasteiger partial charge in [-0.15, -0.1) is 0 Å². The quantitative estimate of drug-likeness (QED) is 0.722. The molecule has 0 N–H and O–H groups in total. The van der Waals surface area contributed by atoms with Crippen LogP contribution in [0.15, 0.2) is 30.0 Å². The molecule has 5 heteroatoms. The Morgan fingerprint density at radius 1 is 1.25 bits per heavy atom. The molecule has 2 unspecified atom stereocenters. The summed E-state index contributed by atoms with van der Waals surface area (Å²) >= 11 is 0. The summed E-state index contributed by atoms with van der Waals surface area (Å²) in [5.74, 6) is -0.754. The molecule has 108 valence electrons. The maximum Gasteiger partial charge on any atom is 0.419 e. The van der Waals surface area contributed by atoms with Crippen LogP contribution < -0.4 is 0 Å². The van der Waals surface area contributed by atoms with E-state index in [4.69, 9.17) is 0 Å². The van der Waals surface area contributed by atoms with Gasteiger partial charge in [-0.3, -0.25) is 0 Å². The molecule has 1 aliphatic heterocycles. The molecule has 0 bridgehead atoms. The van der Waals surface area contributed by atoms with Crippen molar-refractivity contribution < 1.29 is 17.6 Å². The van der Waals surface area contributed by atoms with E-state index in [0.29, 0.717) is 12.3 Å². The SMILES string of the molecule is CC1C=C1N1CCCC1c1cccc(C(F)(F)F)c1F. The summed E-state index contributed by atoms with van der Waals surface area (Å²) in [6, 6.07) is 3.30. The van der Waals surface area contributed by atoms with E-state index in [2.05, 4.69) is 6.08 Å². The number of hydrogen-bond acceptors (Lipinski definition) is 1. The smallest absolute Gasteiger partial charge is 0.367 e. The molecule has 1 nitrogen and oxygen atoms in total. The summed E-state index contributed by atoms with van der Waals surface area (Å²) in [4.78, 5) is 2.04. The fraction of sp³-hybridized carbons (Fsp3) is 0.467. The van der Waals surface area contributed by atoms with Crippen LogP contribution in [0.3, 0.4) is 0 Å². The Bertz CT molecular complexity index is 561. The molecule has 0 amide bonds. The van der Waals surface area contributed by atoms with Crippen LogP contribution >= 0.6 is 0 Å². The molecule has 0 spiro atoms. The number of allylic oxidation sites excluding steroid dienone is 2. The molecule has 1 heterocycles. The third-order valence-corrected chi connectivity index (χ3v) is 4.06. The zero-order valence-electron chi connectivity index (χ0n) is 11.0. The van der Waals surface area contributed by atoms with Crippen LogP contribution in [-0.2, 0) is 6.18 Å². The fourth-order valence-electron chi connectivity index (χ4n) is 2.99. The lowest BCUT2D eigenvalue weighted by atomic mass is 10.0. The van der Waals surface area contributed by atoms with Crippen molar-refractivity contribution in [2.24, 2.45) is 5.92 Å². The van der Waals surface area contributed by atoms with E-state index < -0.39 is 17.6 Å². The molecule has 2 atom stereocenters. The number of likely N-dealkylation sites (tertiary alicyclic amines) is 1. The van der Waals surface area contributed by atoms with Gasteiger partial charge in [-0.2, -0.15) is 13.2 Å². The van der Waals surface area contributed by atoms with Crippen molar-refractivity contribution in [3.63, 3.8) is 0 Å². The third-order valence-electron chi connectivity index (χ3n) is 4.06. The molecule has 1 aromatic rings. The highest BCUT2D eigenvalue weighted by atomic mass is 19.4.